The van der Waals surface area contributed by atoms with Gasteiger partial charge < -0.3 is 14.8 Å². The van der Waals surface area contributed by atoms with Gasteiger partial charge in [-0.25, -0.2) is 22.9 Å². The van der Waals surface area contributed by atoms with Crippen molar-refractivity contribution < 1.29 is 32.2 Å². The molecule has 0 atom stereocenters. The number of hydrogen-bond acceptors (Lipinski definition) is 6. The minimum Gasteiger partial charge on any atom is -0.493 e. The van der Waals surface area contributed by atoms with Crippen molar-refractivity contribution in [3.8, 4) is 11.5 Å². The number of aromatic amines is 1. The smallest absolute Gasteiger partial charge is 0.334 e. The maximum Gasteiger partial charge on any atom is 0.334 e. The first-order valence-electron chi connectivity index (χ1n) is 11.8. The lowest BCUT2D eigenvalue weighted by Crippen LogP contribution is -2.46. The van der Waals surface area contributed by atoms with Crippen LogP contribution in [0.1, 0.15) is 29.8 Å². The van der Waals surface area contributed by atoms with Crippen molar-refractivity contribution in [1.82, 2.24) is 20.5 Å². The van der Waals surface area contributed by atoms with E-state index in [4.69, 9.17) is 9.47 Å². The van der Waals surface area contributed by atoms with E-state index in [9.17, 15) is 9.59 Å². The molecule has 2 N–H and O–H groups in total. The summed E-state index contributed by atoms with van der Waals surface area (Å²) in [6, 6.07) is 3.71. The van der Waals surface area contributed by atoms with Gasteiger partial charge in [-0.3, -0.25) is 19.7 Å². The fourth-order valence-corrected chi connectivity index (χ4v) is 4.48. The van der Waals surface area contributed by atoms with Crippen LogP contribution in [0.3, 0.4) is 0 Å². The predicted octanol–water partition coefficient (Wildman–Crippen LogP) is 4.81. The SMILES string of the molecule is COc1cc(OC)c(F)c(N2Cc3cnc4[nH]ncc4c3N(c3cccc(C(=O)NC(C)C)c3F)C2=O)c1F. The maximum atomic E-state index is 16.0. The second kappa shape index (κ2) is 9.82. The van der Waals surface area contributed by atoms with Crippen LogP contribution in [-0.4, -0.2) is 47.4 Å². The number of aromatic nitrogens is 3. The van der Waals surface area contributed by atoms with E-state index in [0.717, 1.165) is 15.9 Å². The zero-order valence-electron chi connectivity index (χ0n) is 21.3. The highest BCUT2D eigenvalue weighted by Gasteiger charge is 2.40. The number of benzene rings is 2. The van der Waals surface area contributed by atoms with E-state index in [1.807, 2.05) is 0 Å². The molecule has 0 saturated heterocycles. The van der Waals surface area contributed by atoms with Crippen molar-refractivity contribution in [1.29, 1.82) is 0 Å². The molecule has 2 aromatic carbocycles. The summed E-state index contributed by atoms with van der Waals surface area (Å²) < 4.78 is 57.0. The van der Waals surface area contributed by atoms with Gasteiger partial charge in [-0.05, 0) is 26.0 Å². The number of nitrogens with one attached hydrogen (secondary N) is 2. The summed E-state index contributed by atoms with van der Waals surface area (Å²) in [6.07, 6.45) is 2.79. The molecule has 13 heteroatoms. The topological polar surface area (TPSA) is 113 Å². The van der Waals surface area contributed by atoms with Gasteiger partial charge in [-0.15, -0.1) is 0 Å². The number of carbonyl (C=O) groups is 2. The Morgan fingerprint density at radius 2 is 1.74 bits per heavy atom. The van der Waals surface area contributed by atoms with Crippen molar-refractivity contribution in [3.05, 3.63) is 65.2 Å². The molecule has 1 aliphatic rings. The molecule has 5 rings (SSSR count). The van der Waals surface area contributed by atoms with Crippen molar-refractivity contribution in [2.24, 2.45) is 0 Å². The van der Waals surface area contributed by atoms with Crippen molar-refractivity contribution >= 4 is 40.0 Å². The molecule has 3 amide bonds. The van der Waals surface area contributed by atoms with Crippen LogP contribution >= 0.6 is 0 Å². The number of hydrogen-bond donors (Lipinski definition) is 2. The number of methoxy groups -OCH3 is 2. The highest BCUT2D eigenvalue weighted by atomic mass is 19.1. The van der Waals surface area contributed by atoms with Crippen LogP contribution in [0.4, 0.5) is 35.0 Å². The van der Waals surface area contributed by atoms with Crippen LogP contribution in [0.2, 0.25) is 0 Å². The molecule has 0 spiro atoms. The number of rotatable bonds is 6. The minimum atomic E-state index is -1.16. The summed E-state index contributed by atoms with van der Waals surface area (Å²) in [4.78, 5) is 32.8. The third kappa shape index (κ3) is 4.15. The quantitative estimate of drug-likeness (QED) is 0.363. The number of nitrogens with zero attached hydrogens (tertiary/aromatic N) is 4. The number of H-pyrrole nitrogens is 1. The summed E-state index contributed by atoms with van der Waals surface area (Å²) in [5.74, 6) is -4.74. The Morgan fingerprint density at radius 3 is 2.38 bits per heavy atom. The largest absolute Gasteiger partial charge is 0.493 e. The van der Waals surface area contributed by atoms with Gasteiger partial charge in [-0.1, -0.05) is 6.07 Å². The van der Waals surface area contributed by atoms with Gasteiger partial charge in [-0.2, -0.15) is 5.10 Å². The number of ether oxygens (including phenoxy) is 2. The average molecular weight is 541 g/mol. The summed E-state index contributed by atoms with van der Waals surface area (Å²) in [5.41, 5.74) is -0.549. The molecule has 2 aromatic heterocycles. The molecule has 0 saturated carbocycles. The summed E-state index contributed by atoms with van der Waals surface area (Å²) in [6.45, 7) is 3.12. The van der Waals surface area contributed by atoms with Gasteiger partial charge in [0.1, 0.15) is 5.69 Å². The molecule has 1 aliphatic heterocycles. The van der Waals surface area contributed by atoms with Gasteiger partial charge >= 0.3 is 6.03 Å². The normalized spacial score (nSPS) is 13.2. The van der Waals surface area contributed by atoms with Gasteiger partial charge in [0.25, 0.3) is 5.91 Å². The Kier molecular flexibility index (Phi) is 6.50. The Balaban J connectivity index is 1.76. The van der Waals surface area contributed by atoms with Crippen molar-refractivity contribution in [2.75, 3.05) is 24.0 Å². The number of pyridine rings is 1. The number of fused-ring (bicyclic) bond motifs is 3. The number of anilines is 3. The first-order chi connectivity index (χ1) is 18.7. The molecule has 4 aromatic rings. The van der Waals surface area contributed by atoms with Gasteiger partial charge in [0.05, 0.1) is 49.3 Å². The third-order valence-corrected chi connectivity index (χ3v) is 6.21. The molecule has 0 radical (unpaired) electrons. The highest BCUT2D eigenvalue weighted by Crippen LogP contribution is 2.45. The number of halogens is 3. The van der Waals surface area contributed by atoms with Crippen LogP contribution in [0, 0.1) is 17.5 Å². The van der Waals surface area contributed by atoms with Crippen LogP contribution in [-0.2, 0) is 6.54 Å². The zero-order chi connectivity index (χ0) is 28.0. The molecule has 0 bridgehead atoms. The fraction of sp³-hybridized carbons (Fsp3) is 0.231. The summed E-state index contributed by atoms with van der Waals surface area (Å²) in [5, 5.41) is 9.63. The lowest BCUT2D eigenvalue weighted by Gasteiger charge is -2.37. The first-order valence-corrected chi connectivity index (χ1v) is 11.8. The Hall–Kier alpha value is -4.81. The predicted molar refractivity (Wildman–Crippen MR) is 136 cm³/mol. The van der Waals surface area contributed by atoms with E-state index in [1.54, 1.807) is 13.8 Å². The molecule has 202 valence electrons. The molecule has 3 heterocycles. The molecule has 39 heavy (non-hydrogen) atoms. The van der Waals surface area contributed by atoms with Gasteiger partial charge in [0.2, 0.25) is 0 Å². The lowest BCUT2D eigenvalue weighted by atomic mass is 10.0. The van der Waals surface area contributed by atoms with Crippen molar-refractivity contribution in [2.45, 2.75) is 26.4 Å². The summed E-state index contributed by atoms with van der Waals surface area (Å²) in [7, 11) is 2.36. The minimum absolute atomic E-state index is 0.200. The second-order valence-corrected chi connectivity index (χ2v) is 8.99. The van der Waals surface area contributed by atoms with Crippen molar-refractivity contribution in [3.63, 3.8) is 0 Å². The highest BCUT2D eigenvalue weighted by molar-refractivity contribution is 6.16. The van der Waals surface area contributed by atoms with E-state index < -0.39 is 35.1 Å². The van der Waals surface area contributed by atoms with Crippen LogP contribution in [0.25, 0.3) is 11.0 Å². The van der Waals surface area contributed by atoms with E-state index in [2.05, 4.69) is 20.5 Å². The van der Waals surface area contributed by atoms with Crippen LogP contribution in [0.5, 0.6) is 11.5 Å². The molecule has 0 fully saturated rings. The molecular weight excluding hydrogens is 517 g/mol. The number of carbonyl (C=O) groups excluding carboxylic acids is 2. The lowest BCUT2D eigenvalue weighted by molar-refractivity contribution is 0.0939. The van der Waals surface area contributed by atoms with E-state index in [1.165, 1.54) is 44.8 Å². The standard InChI is InChI=1S/C26H23F3N6O4/c1-12(2)32-25(36)14-6-5-7-16(19(14)27)35-22-13(9-30-24-15(22)10-31-33-24)11-34(26(35)37)23-20(28)17(38-3)8-18(39-4)21(23)29/h5-10,12H,11H2,1-4H3,(H,32,36)(H,30,31,33). The van der Waals surface area contributed by atoms with Crippen LogP contribution in [0.15, 0.2) is 36.7 Å². The second-order valence-electron chi connectivity index (χ2n) is 8.99. The molecule has 10 nitrogen and oxygen atoms in total. The third-order valence-electron chi connectivity index (χ3n) is 6.21. The Morgan fingerprint density at radius 1 is 1.05 bits per heavy atom. The van der Waals surface area contributed by atoms with E-state index >= 15 is 13.2 Å². The molecule has 0 unspecified atom stereocenters. The Bertz CT molecular complexity index is 1600. The monoisotopic (exact) mass is 540 g/mol. The van der Waals surface area contributed by atoms with Crippen LogP contribution < -0.4 is 24.6 Å². The first kappa shape index (κ1) is 25.8. The van der Waals surface area contributed by atoms with Gasteiger partial charge in [0, 0.05) is 23.9 Å². The number of urea groups is 1. The van der Waals surface area contributed by atoms with E-state index in [0.29, 0.717) is 16.6 Å². The maximum absolute atomic E-state index is 16.0. The number of amides is 3. The van der Waals surface area contributed by atoms with Gasteiger partial charge in [0.15, 0.2) is 34.6 Å². The average Bonchev–Trinajstić information content (AvgIpc) is 3.38. The zero-order valence-corrected chi connectivity index (χ0v) is 21.3. The molecule has 0 aliphatic carbocycles. The van der Waals surface area contributed by atoms with E-state index in [-0.39, 0.29) is 41.0 Å². The Labute approximate surface area is 220 Å². The molecular formula is C26H23F3N6O4. The summed E-state index contributed by atoms with van der Waals surface area (Å²) >= 11 is 0. The fourth-order valence-electron chi connectivity index (χ4n) is 4.48.